The maximum atomic E-state index is 11.6. The lowest BCUT2D eigenvalue weighted by Gasteiger charge is -2.38. The fraction of sp³-hybridized carbons (Fsp3) is 0.867. The minimum atomic E-state index is -0.813. The summed E-state index contributed by atoms with van der Waals surface area (Å²) in [5, 5.41) is 15.1. The Kier molecular flexibility index (Phi) is 6.01. The highest BCUT2D eigenvalue weighted by Gasteiger charge is 2.34. The largest absolute Gasteiger partial charge is 0.480 e. The van der Waals surface area contributed by atoms with Gasteiger partial charge in [-0.15, -0.1) is 0 Å². The lowest BCUT2D eigenvalue weighted by Crippen LogP contribution is -2.56. The lowest BCUT2D eigenvalue weighted by atomic mass is 9.85. The molecule has 0 radical (unpaired) electrons. The molecule has 0 aromatic heterocycles. The van der Waals surface area contributed by atoms with Crippen LogP contribution in [0, 0.1) is 5.92 Å². The van der Waals surface area contributed by atoms with Crippen LogP contribution in [-0.2, 0) is 9.53 Å². The van der Waals surface area contributed by atoms with Crippen molar-refractivity contribution in [3.63, 3.8) is 0 Å². The number of hydrogen-bond donors (Lipinski definition) is 3. The summed E-state index contributed by atoms with van der Waals surface area (Å²) in [5.41, 5.74) is -0.503. The Morgan fingerprint density at radius 2 is 1.81 bits per heavy atom. The Labute approximate surface area is 126 Å². The Bertz CT molecular complexity index is 370. The van der Waals surface area contributed by atoms with Crippen LogP contribution in [0.15, 0.2) is 0 Å². The molecule has 1 unspecified atom stereocenters. The topological polar surface area (TPSA) is 87.7 Å². The Morgan fingerprint density at radius 3 is 2.24 bits per heavy atom. The summed E-state index contributed by atoms with van der Waals surface area (Å²) in [6, 6.07) is -0.312. The Morgan fingerprint density at radius 1 is 1.24 bits per heavy atom. The van der Waals surface area contributed by atoms with Crippen molar-refractivity contribution in [2.75, 3.05) is 0 Å². The first kappa shape index (κ1) is 17.8. The quantitative estimate of drug-likeness (QED) is 0.699. The van der Waals surface area contributed by atoms with Crippen LogP contribution in [0.4, 0.5) is 4.79 Å². The molecule has 0 bridgehead atoms. The molecule has 6 nitrogen and oxygen atoms in total. The van der Waals surface area contributed by atoms with Crippen LogP contribution < -0.4 is 10.6 Å². The van der Waals surface area contributed by atoms with Crippen molar-refractivity contribution in [2.45, 2.75) is 77.6 Å². The van der Waals surface area contributed by atoms with E-state index in [1.165, 1.54) is 0 Å². The molecule has 3 N–H and O–H groups in total. The van der Waals surface area contributed by atoms with E-state index >= 15 is 0 Å². The van der Waals surface area contributed by atoms with Gasteiger partial charge in [-0.05, 0) is 46.0 Å². The van der Waals surface area contributed by atoms with Gasteiger partial charge in [0.25, 0.3) is 0 Å². The highest BCUT2D eigenvalue weighted by Crippen LogP contribution is 2.22. The number of nitrogens with one attached hydrogen (secondary N) is 2. The van der Waals surface area contributed by atoms with Crippen molar-refractivity contribution >= 4 is 12.1 Å². The number of aliphatic carboxylic acids is 1. The van der Waals surface area contributed by atoms with Gasteiger partial charge in [-0.3, -0.25) is 4.79 Å². The first-order valence-corrected chi connectivity index (χ1v) is 7.55. The third kappa shape index (κ3) is 6.80. The molecular formula is C15H28N2O4. The summed E-state index contributed by atoms with van der Waals surface area (Å²) < 4.78 is 5.19. The fourth-order valence-corrected chi connectivity index (χ4v) is 2.34. The number of carbonyl (C=O) groups excluding carboxylic acids is 1. The van der Waals surface area contributed by atoms with E-state index in [9.17, 15) is 14.7 Å². The second-order valence-electron chi connectivity index (χ2n) is 7.20. The van der Waals surface area contributed by atoms with Crippen LogP contribution >= 0.6 is 0 Å². The molecule has 1 atom stereocenters. The van der Waals surface area contributed by atoms with Crippen LogP contribution in [0.1, 0.15) is 53.9 Å². The van der Waals surface area contributed by atoms with Crippen molar-refractivity contribution < 1.29 is 19.4 Å². The minimum absolute atomic E-state index is 0.0610. The van der Waals surface area contributed by atoms with Crippen molar-refractivity contribution in [2.24, 2.45) is 5.92 Å². The van der Waals surface area contributed by atoms with Gasteiger partial charge in [0.2, 0.25) is 0 Å². The molecule has 0 heterocycles. The normalized spacial score (nSPS) is 23.3. The summed E-state index contributed by atoms with van der Waals surface area (Å²) in [4.78, 5) is 22.8. The van der Waals surface area contributed by atoms with Gasteiger partial charge in [0.05, 0.1) is 0 Å². The van der Waals surface area contributed by atoms with Crippen LogP contribution in [-0.4, -0.2) is 40.9 Å². The predicted octanol–water partition coefficient (Wildman–Crippen LogP) is 2.13. The third-order valence-corrected chi connectivity index (χ3v) is 3.30. The van der Waals surface area contributed by atoms with Crippen molar-refractivity contribution in [3.05, 3.63) is 0 Å². The van der Waals surface area contributed by atoms with Crippen LogP contribution in [0.25, 0.3) is 0 Å². The van der Waals surface area contributed by atoms with Gasteiger partial charge in [0, 0.05) is 12.1 Å². The molecule has 0 aromatic carbocycles. The third-order valence-electron chi connectivity index (χ3n) is 3.30. The zero-order valence-corrected chi connectivity index (χ0v) is 13.6. The number of rotatable bonds is 6. The van der Waals surface area contributed by atoms with E-state index in [1.807, 2.05) is 34.6 Å². The van der Waals surface area contributed by atoms with Crippen molar-refractivity contribution in [1.29, 1.82) is 0 Å². The zero-order valence-electron chi connectivity index (χ0n) is 13.6. The number of amides is 1. The summed E-state index contributed by atoms with van der Waals surface area (Å²) >= 11 is 0. The molecule has 0 aromatic rings. The second kappa shape index (κ2) is 7.11. The molecule has 0 aliphatic heterocycles. The van der Waals surface area contributed by atoms with Crippen LogP contribution in [0.5, 0.6) is 0 Å². The molecule has 1 aliphatic carbocycles. The summed E-state index contributed by atoms with van der Waals surface area (Å²) in [5.74, 6) is -0.485. The summed E-state index contributed by atoms with van der Waals surface area (Å²) in [6.45, 7) is 9.47. The molecule has 1 rings (SSSR count). The Balaban J connectivity index is 2.29. The van der Waals surface area contributed by atoms with Gasteiger partial charge in [-0.1, -0.05) is 13.8 Å². The molecule has 122 valence electrons. The molecule has 0 saturated heterocycles. The zero-order chi connectivity index (χ0) is 16.2. The molecule has 6 heteroatoms. The average Bonchev–Trinajstić information content (AvgIpc) is 2.21. The smallest absolute Gasteiger partial charge is 0.407 e. The summed E-state index contributed by atoms with van der Waals surface area (Å²) in [7, 11) is 0. The van der Waals surface area contributed by atoms with Gasteiger partial charge < -0.3 is 20.5 Å². The van der Waals surface area contributed by atoms with Crippen LogP contribution in [0.3, 0.4) is 0 Å². The van der Waals surface area contributed by atoms with Gasteiger partial charge in [0.1, 0.15) is 11.6 Å². The summed E-state index contributed by atoms with van der Waals surface area (Å²) in [6.07, 6.45) is 1.67. The van der Waals surface area contributed by atoms with Crippen molar-refractivity contribution in [1.82, 2.24) is 10.6 Å². The van der Waals surface area contributed by atoms with Gasteiger partial charge >= 0.3 is 12.1 Å². The van der Waals surface area contributed by atoms with E-state index in [4.69, 9.17) is 4.74 Å². The molecule has 1 fully saturated rings. The number of carbonyl (C=O) groups is 2. The molecule has 1 saturated carbocycles. The molecule has 0 spiro atoms. The van der Waals surface area contributed by atoms with Gasteiger partial charge in [0.15, 0.2) is 0 Å². The minimum Gasteiger partial charge on any atom is -0.480 e. The first-order chi connectivity index (χ1) is 9.56. The van der Waals surface area contributed by atoms with E-state index in [2.05, 4.69) is 10.6 Å². The molecular weight excluding hydrogens is 272 g/mol. The molecule has 1 amide bonds. The fourth-order valence-electron chi connectivity index (χ4n) is 2.34. The van der Waals surface area contributed by atoms with E-state index in [-0.39, 0.29) is 12.1 Å². The standard InChI is InChI=1S/C15H28N2O4/c1-9(2)6-12(13(18)19)16-10-7-11(8-10)17-14(20)21-15(3,4)5/h9-12,16H,6-8H2,1-5H3,(H,17,20)(H,18,19). The SMILES string of the molecule is CC(C)CC(NC1CC(NC(=O)OC(C)(C)C)C1)C(=O)O. The molecule has 21 heavy (non-hydrogen) atoms. The van der Waals surface area contributed by atoms with E-state index in [1.54, 1.807) is 0 Å². The van der Waals surface area contributed by atoms with E-state index in [0.29, 0.717) is 12.3 Å². The number of hydrogen-bond acceptors (Lipinski definition) is 4. The average molecular weight is 300 g/mol. The molecule has 1 aliphatic rings. The highest BCUT2D eigenvalue weighted by atomic mass is 16.6. The van der Waals surface area contributed by atoms with E-state index in [0.717, 1.165) is 12.8 Å². The Hall–Kier alpha value is -1.30. The highest BCUT2D eigenvalue weighted by molar-refractivity contribution is 5.73. The number of carboxylic acid groups (broad SMARTS) is 1. The maximum Gasteiger partial charge on any atom is 0.407 e. The maximum absolute atomic E-state index is 11.6. The number of ether oxygens (including phenoxy) is 1. The first-order valence-electron chi connectivity index (χ1n) is 7.55. The monoisotopic (exact) mass is 300 g/mol. The van der Waals surface area contributed by atoms with Crippen LogP contribution in [0.2, 0.25) is 0 Å². The van der Waals surface area contributed by atoms with Gasteiger partial charge in [-0.2, -0.15) is 0 Å². The van der Waals surface area contributed by atoms with Crippen molar-refractivity contribution in [3.8, 4) is 0 Å². The second-order valence-corrected chi connectivity index (χ2v) is 7.20. The number of alkyl carbamates (subject to hydrolysis) is 1. The van der Waals surface area contributed by atoms with Gasteiger partial charge in [-0.25, -0.2) is 4.79 Å². The predicted molar refractivity (Wildman–Crippen MR) is 80.2 cm³/mol. The lowest BCUT2D eigenvalue weighted by molar-refractivity contribution is -0.140. The number of carboxylic acids is 1. The van der Waals surface area contributed by atoms with E-state index < -0.39 is 23.7 Å².